The first kappa shape index (κ1) is 14.7. The van der Waals surface area contributed by atoms with Crippen LogP contribution in [0.1, 0.15) is 36.4 Å². The molecular weight excluding hydrogens is 306 g/mol. The minimum atomic E-state index is -0.595. The maximum Gasteiger partial charge on any atom is 0.262 e. The Balaban J connectivity index is 2.07. The molecule has 0 saturated carbocycles. The fourth-order valence-corrected chi connectivity index (χ4v) is 3.35. The van der Waals surface area contributed by atoms with E-state index in [1.54, 1.807) is 31.0 Å². The number of aryl methyl sites for hydroxylation is 1. The van der Waals surface area contributed by atoms with Crippen LogP contribution >= 0.6 is 0 Å². The first-order valence-corrected chi connectivity index (χ1v) is 7.83. The summed E-state index contributed by atoms with van der Waals surface area (Å²) >= 11 is 0. The Kier molecular flexibility index (Phi) is 3.09. The Morgan fingerprint density at radius 3 is 2.58 bits per heavy atom. The number of carbonyl (C=O) groups is 1. The molecule has 0 fully saturated rings. The molecule has 0 aliphatic carbocycles. The third-order valence-corrected chi connectivity index (χ3v) is 4.59. The minimum Gasteiger partial charge on any atom is -0.464 e. The van der Waals surface area contributed by atoms with Crippen molar-refractivity contribution in [1.82, 2.24) is 14.5 Å². The Bertz CT molecular complexity index is 1020. The second-order valence-electron chi connectivity index (χ2n) is 6.14. The first-order valence-electron chi connectivity index (χ1n) is 7.83. The molecule has 0 spiro atoms. The predicted molar refractivity (Wildman–Crippen MR) is 88.8 cm³/mol. The second-order valence-corrected chi connectivity index (χ2v) is 6.14. The van der Waals surface area contributed by atoms with Crippen molar-refractivity contribution >= 4 is 16.8 Å². The molecule has 3 aromatic rings. The summed E-state index contributed by atoms with van der Waals surface area (Å²) in [7, 11) is 1.71. The number of hydrogen-bond donors (Lipinski definition) is 0. The van der Waals surface area contributed by atoms with E-state index in [-0.39, 0.29) is 11.5 Å². The van der Waals surface area contributed by atoms with E-state index < -0.39 is 12.1 Å². The second kappa shape index (κ2) is 5.06. The van der Waals surface area contributed by atoms with Crippen LogP contribution in [0.4, 0.5) is 0 Å². The molecule has 4 rings (SSSR count). The minimum absolute atomic E-state index is 0.138. The quantitative estimate of drug-likeness (QED) is 0.690. The molecule has 122 valence electrons. The van der Waals surface area contributed by atoms with Gasteiger partial charge in [-0.05, 0) is 38.1 Å². The third-order valence-electron chi connectivity index (χ3n) is 4.59. The van der Waals surface area contributed by atoms with Gasteiger partial charge in [-0.15, -0.1) is 0 Å². The lowest BCUT2D eigenvalue weighted by Gasteiger charge is -2.36. The summed E-state index contributed by atoms with van der Waals surface area (Å²) < 4.78 is 7.23. The highest BCUT2D eigenvalue weighted by atomic mass is 16.3. The van der Waals surface area contributed by atoms with Gasteiger partial charge in [0, 0.05) is 7.05 Å². The highest BCUT2D eigenvalue weighted by Gasteiger charge is 2.39. The van der Waals surface area contributed by atoms with E-state index in [1.807, 2.05) is 31.2 Å². The molecule has 0 radical (unpaired) electrons. The SMILES string of the molecule is Cc1ccc([C@H]2c3nc4ccccc4c(=O)n3[C@@H](C)C(=O)N2C)o1. The molecule has 2 aromatic heterocycles. The van der Waals surface area contributed by atoms with Gasteiger partial charge in [0.15, 0.2) is 0 Å². The number of carbonyl (C=O) groups excluding carboxylic acids is 1. The first-order chi connectivity index (χ1) is 11.5. The van der Waals surface area contributed by atoms with Gasteiger partial charge < -0.3 is 9.32 Å². The molecule has 24 heavy (non-hydrogen) atoms. The summed E-state index contributed by atoms with van der Waals surface area (Å²) in [6, 6.07) is 9.75. The van der Waals surface area contributed by atoms with Crippen molar-refractivity contribution in [2.75, 3.05) is 7.05 Å². The van der Waals surface area contributed by atoms with Gasteiger partial charge in [0.2, 0.25) is 5.91 Å². The average Bonchev–Trinajstić information content (AvgIpc) is 2.99. The lowest BCUT2D eigenvalue weighted by atomic mass is 10.1. The monoisotopic (exact) mass is 323 g/mol. The number of benzene rings is 1. The molecule has 6 nitrogen and oxygen atoms in total. The van der Waals surface area contributed by atoms with Gasteiger partial charge >= 0.3 is 0 Å². The smallest absolute Gasteiger partial charge is 0.262 e. The molecule has 3 heterocycles. The van der Waals surface area contributed by atoms with Crippen molar-refractivity contribution in [3.63, 3.8) is 0 Å². The summed E-state index contributed by atoms with van der Waals surface area (Å²) in [5.41, 5.74) is 0.426. The van der Waals surface area contributed by atoms with E-state index in [2.05, 4.69) is 4.98 Å². The van der Waals surface area contributed by atoms with E-state index >= 15 is 0 Å². The normalized spacial score (nSPS) is 20.5. The molecule has 2 atom stereocenters. The molecule has 1 amide bonds. The van der Waals surface area contributed by atoms with Gasteiger partial charge in [-0.1, -0.05) is 12.1 Å². The molecule has 0 saturated heterocycles. The number of likely N-dealkylation sites (N-methyl/N-ethyl adjacent to an activating group) is 1. The van der Waals surface area contributed by atoms with Crippen molar-refractivity contribution in [1.29, 1.82) is 0 Å². The predicted octanol–water partition coefficient (Wildman–Crippen LogP) is 2.42. The Labute approximate surface area is 138 Å². The van der Waals surface area contributed by atoms with E-state index in [0.717, 1.165) is 5.76 Å². The van der Waals surface area contributed by atoms with Crippen LogP contribution in [0.5, 0.6) is 0 Å². The molecule has 0 N–H and O–H groups in total. The molecule has 6 heteroatoms. The Morgan fingerprint density at radius 1 is 1.12 bits per heavy atom. The van der Waals surface area contributed by atoms with Crippen LogP contribution in [0.2, 0.25) is 0 Å². The van der Waals surface area contributed by atoms with Crippen LogP contribution in [-0.2, 0) is 4.79 Å². The summed E-state index contributed by atoms with van der Waals surface area (Å²) in [5.74, 6) is 1.74. The fourth-order valence-electron chi connectivity index (χ4n) is 3.35. The number of fused-ring (bicyclic) bond motifs is 2. The largest absolute Gasteiger partial charge is 0.464 e. The van der Waals surface area contributed by atoms with Crippen LogP contribution in [-0.4, -0.2) is 27.4 Å². The third kappa shape index (κ3) is 1.92. The standard InChI is InChI=1S/C18H17N3O3/c1-10-8-9-14(24-10)15-16-19-13-7-5-4-6-12(13)18(23)21(16)11(2)17(22)20(15)3/h4-9,11,15H,1-3H3/t11-,15-/m0/s1. The maximum absolute atomic E-state index is 12.9. The van der Waals surface area contributed by atoms with Gasteiger partial charge in [-0.3, -0.25) is 14.2 Å². The topological polar surface area (TPSA) is 68.3 Å². The van der Waals surface area contributed by atoms with Crippen LogP contribution in [0.25, 0.3) is 10.9 Å². The van der Waals surface area contributed by atoms with E-state index in [0.29, 0.717) is 22.5 Å². The highest BCUT2D eigenvalue weighted by molar-refractivity contribution is 5.84. The van der Waals surface area contributed by atoms with Crippen molar-refractivity contribution in [3.8, 4) is 0 Å². The van der Waals surface area contributed by atoms with Gasteiger partial charge in [-0.2, -0.15) is 0 Å². The highest BCUT2D eigenvalue weighted by Crippen LogP contribution is 2.34. The van der Waals surface area contributed by atoms with Crippen molar-refractivity contribution in [2.24, 2.45) is 0 Å². The molecule has 1 aromatic carbocycles. The van der Waals surface area contributed by atoms with Crippen molar-refractivity contribution in [3.05, 3.63) is 64.1 Å². The molecular formula is C18H17N3O3. The van der Waals surface area contributed by atoms with E-state index in [4.69, 9.17) is 4.42 Å². The zero-order valence-electron chi connectivity index (χ0n) is 13.7. The summed E-state index contributed by atoms with van der Waals surface area (Å²) in [4.78, 5) is 31.9. The number of rotatable bonds is 1. The van der Waals surface area contributed by atoms with E-state index in [9.17, 15) is 9.59 Å². The van der Waals surface area contributed by atoms with Gasteiger partial charge in [0.1, 0.15) is 29.4 Å². The zero-order valence-corrected chi connectivity index (χ0v) is 13.7. The van der Waals surface area contributed by atoms with Crippen LogP contribution < -0.4 is 5.56 Å². The Morgan fingerprint density at radius 2 is 1.88 bits per heavy atom. The van der Waals surface area contributed by atoms with E-state index in [1.165, 1.54) is 4.57 Å². The van der Waals surface area contributed by atoms with Crippen LogP contribution in [0.15, 0.2) is 45.6 Å². The summed E-state index contributed by atoms with van der Waals surface area (Å²) in [6.07, 6.45) is 0. The number of hydrogen-bond acceptors (Lipinski definition) is 4. The van der Waals surface area contributed by atoms with Gasteiger partial charge in [0.25, 0.3) is 5.56 Å². The number of aromatic nitrogens is 2. The zero-order chi connectivity index (χ0) is 17.0. The molecule has 0 unspecified atom stereocenters. The number of nitrogens with zero attached hydrogens (tertiary/aromatic N) is 3. The number of para-hydroxylation sites is 1. The van der Waals surface area contributed by atoms with Crippen LogP contribution in [0.3, 0.4) is 0 Å². The molecule has 1 aliphatic rings. The van der Waals surface area contributed by atoms with Crippen LogP contribution in [0, 0.1) is 6.92 Å². The summed E-state index contributed by atoms with van der Waals surface area (Å²) in [5, 5.41) is 0.514. The number of amides is 1. The van der Waals surface area contributed by atoms with Gasteiger partial charge in [-0.25, -0.2) is 4.98 Å². The lowest BCUT2D eigenvalue weighted by Crippen LogP contribution is -2.47. The van der Waals surface area contributed by atoms with Crippen molar-refractivity contribution < 1.29 is 9.21 Å². The maximum atomic E-state index is 12.9. The Hall–Kier alpha value is -2.89. The van der Waals surface area contributed by atoms with Crippen molar-refractivity contribution in [2.45, 2.75) is 25.9 Å². The molecule has 1 aliphatic heterocycles. The fraction of sp³-hybridized carbons (Fsp3) is 0.278. The summed E-state index contributed by atoms with van der Waals surface area (Å²) in [6.45, 7) is 3.57. The number of furan rings is 1. The lowest BCUT2D eigenvalue weighted by molar-refractivity contribution is -0.137. The average molecular weight is 323 g/mol. The molecule has 0 bridgehead atoms. The van der Waals surface area contributed by atoms with Gasteiger partial charge in [0.05, 0.1) is 10.9 Å².